The first kappa shape index (κ1) is 11.6. The van der Waals surface area contributed by atoms with Crippen molar-refractivity contribution in [3.63, 3.8) is 0 Å². The lowest BCUT2D eigenvalue weighted by Crippen LogP contribution is -2.51. The molecule has 0 atom stereocenters. The van der Waals surface area contributed by atoms with Gasteiger partial charge in [0.25, 0.3) is 0 Å². The van der Waals surface area contributed by atoms with Gasteiger partial charge in [-0.1, -0.05) is 6.07 Å². The Hall–Kier alpha value is -0.910. The van der Waals surface area contributed by atoms with Gasteiger partial charge in [0.05, 0.1) is 4.88 Å². The first-order valence-corrected chi connectivity index (χ1v) is 6.05. The van der Waals surface area contributed by atoms with Gasteiger partial charge in [0.1, 0.15) is 5.54 Å². The molecular formula is C11H16N2O2S. The van der Waals surface area contributed by atoms with Crippen LogP contribution in [0.25, 0.3) is 0 Å². The second kappa shape index (κ2) is 3.29. The van der Waals surface area contributed by atoms with Crippen molar-refractivity contribution in [3.8, 4) is 0 Å². The number of thiophene rings is 1. The monoisotopic (exact) mass is 240 g/mol. The van der Waals surface area contributed by atoms with E-state index < -0.39 is 11.2 Å². The Labute approximate surface area is 99.0 Å². The molecule has 0 fully saturated rings. The van der Waals surface area contributed by atoms with Gasteiger partial charge in [0, 0.05) is 13.8 Å². The molecule has 0 bridgehead atoms. The van der Waals surface area contributed by atoms with Crippen LogP contribution in [0, 0.1) is 5.21 Å². The Balaban J connectivity index is 2.62. The van der Waals surface area contributed by atoms with E-state index in [1.807, 2.05) is 31.4 Å². The second-order valence-corrected chi connectivity index (χ2v) is 5.93. The fraction of sp³-hybridized carbons (Fsp3) is 0.545. The number of rotatable bonds is 1. The highest BCUT2D eigenvalue weighted by Crippen LogP contribution is 2.35. The molecule has 0 unspecified atom stereocenters. The molecule has 2 rings (SSSR count). The fourth-order valence-corrected chi connectivity index (χ4v) is 3.11. The second-order valence-electron chi connectivity index (χ2n) is 4.99. The quantitative estimate of drug-likeness (QED) is 0.605. The van der Waals surface area contributed by atoms with Crippen LogP contribution in [0.1, 0.15) is 32.6 Å². The van der Waals surface area contributed by atoms with Crippen LogP contribution < -0.4 is 0 Å². The minimum Gasteiger partial charge on any atom is -0.622 e. The molecule has 5 heteroatoms. The predicted molar refractivity (Wildman–Crippen MR) is 63.8 cm³/mol. The Kier molecular flexibility index (Phi) is 2.38. The van der Waals surface area contributed by atoms with Crippen molar-refractivity contribution in [2.24, 2.45) is 0 Å². The zero-order valence-corrected chi connectivity index (χ0v) is 10.7. The molecule has 1 aromatic heterocycles. The van der Waals surface area contributed by atoms with Crippen LogP contribution in [-0.2, 0) is 0 Å². The molecule has 0 saturated heterocycles. The van der Waals surface area contributed by atoms with Crippen molar-refractivity contribution in [2.75, 3.05) is 0 Å². The molecule has 0 aromatic carbocycles. The highest BCUT2D eigenvalue weighted by Gasteiger charge is 2.57. The average Bonchev–Trinajstić information content (AvgIpc) is 2.72. The number of nitrogens with zero attached hydrogens (tertiary/aromatic N) is 2. The number of hydrogen-bond donors (Lipinski definition) is 1. The molecular weight excluding hydrogens is 224 g/mol. The summed E-state index contributed by atoms with van der Waals surface area (Å²) in [5.41, 5.74) is -0.978. The maximum absolute atomic E-state index is 12.2. The van der Waals surface area contributed by atoms with Crippen LogP contribution in [0.4, 0.5) is 0 Å². The summed E-state index contributed by atoms with van der Waals surface area (Å²) in [6.45, 7) is 7.12. The minimum atomic E-state index is -0.928. The SMILES string of the molecule is CC1(C)C(c2cccs2)=[N+]([O-])C(C)(C)N1O. The van der Waals surface area contributed by atoms with Crippen LogP contribution in [-0.4, -0.2) is 31.9 Å². The maximum atomic E-state index is 12.2. The number of hydroxylamine groups is 3. The van der Waals surface area contributed by atoms with Gasteiger partial charge in [-0.3, -0.25) is 0 Å². The third-order valence-electron chi connectivity index (χ3n) is 3.08. The molecule has 1 aliphatic heterocycles. The lowest BCUT2D eigenvalue weighted by molar-refractivity contribution is -0.580. The summed E-state index contributed by atoms with van der Waals surface area (Å²) in [5, 5.41) is 25.4. The van der Waals surface area contributed by atoms with E-state index >= 15 is 0 Å². The van der Waals surface area contributed by atoms with Crippen LogP contribution in [0.15, 0.2) is 17.5 Å². The van der Waals surface area contributed by atoms with Gasteiger partial charge in [0.2, 0.25) is 11.4 Å². The normalized spacial score (nSPS) is 24.1. The summed E-state index contributed by atoms with van der Waals surface area (Å²) >= 11 is 1.51. The van der Waals surface area contributed by atoms with Crippen molar-refractivity contribution in [1.82, 2.24) is 5.06 Å². The molecule has 1 N–H and O–H groups in total. The Morgan fingerprint density at radius 3 is 2.38 bits per heavy atom. The van der Waals surface area contributed by atoms with E-state index in [1.165, 1.54) is 11.3 Å². The van der Waals surface area contributed by atoms with Gasteiger partial charge >= 0.3 is 0 Å². The third kappa shape index (κ3) is 1.32. The molecule has 16 heavy (non-hydrogen) atoms. The van der Waals surface area contributed by atoms with E-state index in [9.17, 15) is 10.4 Å². The largest absolute Gasteiger partial charge is 0.622 e. The van der Waals surface area contributed by atoms with Crippen LogP contribution >= 0.6 is 11.3 Å². The molecule has 1 aromatic rings. The molecule has 0 spiro atoms. The van der Waals surface area contributed by atoms with Crippen molar-refractivity contribution in [2.45, 2.75) is 38.9 Å². The van der Waals surface area contributed by atoms with Crippen LogP contribution in [0.2, 0.25) is 0 Å². The van der Waals surface area contributed by atoms with Gasteiger partial charge in [-0.15, -0.1) is 16.4 Å². The summed E-state index contributed by atoms with van der Waals surface area (Å²) in [6.07, 6.45) is 0. The van der Waals surface area contributed by atoms with Crippen LogP contribution in [0.3, 0.4) is 0 Å². The van der Waals surface area contributed by atoms with E-state index in [2.05, 4.69) is 0 Å². The molecule has 1 aliphatic rings. The summed E-state index contributed by atoms with van der Waals surface area (Å²) in [7, 11) is 0. The molecule has 0 saturated carbocycles. The van der Waals surface area contributed by atoms with E-state index in [0.29, 0.717) is 5.71 Å². The van der Waals surface area contributed by atoms with Crippen molar-refractivity contribution < 1.29 is 9.95 Å². The summed E-state index contributed by atoms with van der Waals surface area (Å²) < 4.78 is 0.902. The molecule has 2 heterocycles. The summed E-state index contributed by atoms with van der Waals surface area (Å²) in [4.78, 5) is 0.907. The maximum Gasteiger partial charge on any atom is 0.245 e. The Morgan fingerprint density at radius 1 is 1.38 bits per heavy atom. The highest BCUT2D eigenvalue weighted by molar-refractivity contribution is 7.12. The van der Waals surface area contributed by atoms with Gasteiger partial charge in [-0.2, -0.15) is 4.74 Å². The van der Waals surface area contributed by atoms with E-state index in [4.69, 9.17) is 0 Å². The third-order valence-corrected chi connectivity index (χ3v) is 3.96. The zero-order valence-electron chi connectivity index (χ0n) is 9.89. The summed E-state index contributed by atoms with van der Waals surface area (Å²) in [6, 6.07) is 3.81. The molecule has 0 aliphatic carbocycles. The van der Waals surface area contributed by atoms with E-state index in [1.54, 1.807) is 13.8 Å². The first-order valence-electron chi connectivity index (χ1n) is 5.17. The zero-order chi connectivity index (χ0) is 12.1. The highest BCUT2D eigenvalue weighted by atomic mass is 32.1. The lowest BCUT2D eigenvalue weighted by Gasteiger charge is -2.29. The Bertz CT molecular complexity index is 435. The molecule has 4 nitrogen and oxygen atoms in total. The predicted octanol–water partition coefficient (Wildman–Crippen LogP) is 2.27. The van der Waals surface area contributed by atoms with Crippen molar-refractivity contribution in [3.05, 3.63) is 27.6 Å². The number of hydrogen-bond acceptors (Lipinski definition) is 4. The van der Waals surface area contributed by atoms with E-state index in [-0.39, 0.29) is 0 Å². The Morgan fingerprint density at radius 2 is 2.00 bits per heavy atom. The molecule has 0 radical (unpaired) electrons. The van der Waals surface area contributed by atoms with Crippen LogP contribution in [0.5, 0.6) is 0 Å². The smallest absolute Gasteiger partial charge is 0.245 e. The van der Waals surface area contributed by atoms with Crippen molar-refractivity contribution >= 4 is 17.0 Å². The van der Waals surface area contributed by atoms with E-state index in [0.717, 1.165) is 14.7 Å². The topological polar surface area (TPSA) is 49.5 Å². The van der Waals surface area contributed by atoms with Crippen molar-refractivity contribution in [1.29, 1.82) is 0 Å². The van der Waals surface area contributed by atoms with Gasteiger partial charge < -0.3 is 10.4 Å². The standard InChI is InChI=1S/C11H16N2O2S/c1-10(2)9(8-6-5-7-16-8)12(14)11(3,4)13(10)15/h5-7,15H,1-4H3. The van der Waals surface area contributed by atoms with Gasteiger partial charge in [-0.05, 0) is 25.3 Å². The average molecular weight is 240 g/mol. The lowest BCUT2D eigenvalue weighted by atomic mass is 9.97. The molecule has 0 amide bonds. The fourth-order valence-electron chi connectivity index (χ4n) is 2.21. The summed E-state index contributed by atoms with van der Waals surface area (Å²) in [5.74, 6) is 0. The molecule has 88 valence electrons. The first-order chi connectivity index (χ1) is 7.29. The van der Waals surface area contributed by atoms with Gasteiger partial charge in [-0.25, -0.2) is 0 Å². The van der Waals surface area contributed by atoms with Gasteiger partial charge in [0.15, 0.2) is 0 Å². The minimum absolute atomic E-state index is 0.620.